The van der Waals surface area contributed by atoms with Crippen molar-refractivity contribution in [3.05, 3.63) is 0 Å². The number of Topliss-reactive ketones (excluding diaryl/α,β-unsaturated/α-hetero) is 1. The van der Waals surface area contributed by atoms with E-state index in [1.165, 1.54) is 44.9 Å². The van der Waals surface area contributed by atoms with Crippen LogP contribution in [-0.4, -0.2) is 21.8 Å². The molecule has 0 spiro atoms. The summed E-state index contributed by atoms with van der Waals surface area (Å²) < 4.78 is 0. The van der Waals surface area contributed by atoms with E-state index in [0.717, 1.165) is 31.1 Å². The van der Waals surface area contributed by atoms with Gasteiger partial charge in [0.25, 0.3) is 0 Å². The Morgan fingerprint density at radius 1 is 0.931 bits per heavy atom. The molecule has 0 saturated heterocycles. The second-order valence-corrected chi connectivity index (χ2v) is 13.2. The van der Waals surface area contributed by atoms with Crippen molar-refractivity contribution in [3.63, 3.8) is 0 Å². The highest BCUT2D eigenvalue weighted by Gasteiger charge is 2.63. The summed E-state index contributed by atoms with van der Waals surface area (Å²) in [6.45, 7) is 12.0. The Morgan fingerprint density at radius 2 is 1.62 bits per heavy atom. The van der Waals surface area contributed by atoms with Gasteiger partial charge in [0.05, 0.1) is 10.9 Å². The molecule has 0 aromatic rings. The van der Waals surface area contributed by atoms with E-state index >= 15 is 0 Å². The van der Waals surface area contributed by atoms with E-state index in [1.54, 1.807) is 0 Å². The van der Waals surface area contributed by atoms with Crippen LogP contribution in [0.4, 0.5) is 0 Å². The maximum atomic E-state index is 12.9. The second kappa shape index (κ2) is 7.32. The minimum atomic E-state index is -0.491. The van der Waals surface area contributed by atoms with Gasteiger partial charge in [0, 0.05) is 5.92 Å². The molecule has 0 amide bonds. The van der Waals surface area contributed by atoms with Gasteiger partial charge in [-0.05, 0) is 111 Å². The standard InChI is InChI=1S/C26H43BrO2/c1-17-14-20-18-6-8-23(2)10-11-24(3,29)12-13-26(23,5)19(18)7-9-25(20,4)21(15-17)22(28)16-27/h17-21,29H,6-16H2,1-5H3/t17-,18+,19?,20?,21+,23+,24-,25-,26+/m0/s1. The first-order valence-electron chi connectivity index (χ1n) is 12.3. The largest absolute Gasteiger partial charge is 0.390 e. The normalized spacial score (nSPS) is 55.2. The highest BCUT2D eigenvalue weighted by Crippen LogP contribution is 2.70. The van der Waals surface area contributed by atoms with Crippen LogP contribution in [0.2, 0.25) is 0 Å². The Bertz CT molecular complexity index is 659. The predicted molar refractivity (Wildman–Crippen MR) is 123 cm³/mol. The topological polar surface area (TPSA) is 37.3 Å². The average molecular weight is 468 g/mol. The lowest BCUT2D eigenvalue weighted by Crippen LogP contribution is -2.59. The van der Waals surface area contributed by atoms with Gasteiger partial charge in [0.2, 0.25) is 0 Å². The summed E-state index contributed by atoms with van der Waals surface area (Å²) in [5.41, 5.74) is 0.384. The predicted octanol–water partition coefficient (Wildman–Crippen LogP) is 6.78. The third-order valence-corrected chi connectivity index (χ3v) is 11.7. The van der Waals surface area contributed by atoms with Crippen molar-refractivity contribution in [2.24, 2.45) is 45.8 Å². The molecule has 166 valence electrons. The molecule has 0 aromatic carbocycles. The van der Waals surface area contributed by atoms with Gasteiger partial charge in [-0.25, -0.2) is 0 Å². The number of alkyl halides is 1. The average Bonchev–Trinajstić information content (AvgIpc) is 2.76. The molecule has 0 aliphatic heterocycles. The van der Waals surface area contributed by atoms with Crippen LogP contribution in [0.3, 0.4) is 0 Å². The summed E-state index contributed by atoms with van der Waals surface area (Å²) in [7, 11) is 0. The number of hydrogen-bond acceptors (Lipinski definition) is 2. The van der Waals surface area contributed by atoms with Crippen molar-refractivity contribution in [1.29, 1.82) is 0 Å². The molecule has 0 aromatic heterocycles. The molecule has 29 heavy (non-hydrogen) atoms. The molecule has 3 heteroatoms. The van der Waals surface area contributed by atoms with Crippen LogP contribution in [0, 0.1) is 45.8 Å². The van der Waals surface area contributed by atoms with Crippen molar-refractivity contribution in [1.82, 2.24) is 0 Å². The fourth-order valence-corrected chi connectivity index (χ4v) is 9.21. The summed E-state index contributed by atoms with van der Waals surface area (Å²) in [5.74, 6) is 3.58. The molecule has 2 unspecified atom stereocenters. The van der Waals surface area contributed by atoms with E-state index in [-0.39, 0.29) is 11.3 Å². The number of carbonyl (C=O) groups is 1. The first-order valence-corrected chi connectivity index (χ1v) is 13.4. The monoisotopic (exact) mass is 466 g/mol. The lowest BCUT2D eigenvalue weighted by molar-refractivity contribution is -0.170. The van der Waals surface area contributed by atoms with Gasteiger partial charge in [-0.1, -0.05) is 43.6 Å². The maximum absolute atomic E-state index is 12.9. The van der Waals surface area contributed by atoms with Gasteiger partial charge in [-0.2, -0.15) is 0 Å². The number of aliphatic hydroxyl groups is 1. The van der Waals surface area contributed by atoms with Crippen LogP contribution >= 0.6 is 15.9 Å². The molecule has 4 aliphatic carbocycles. The third-order valence-electron chi connectivity index (χ3n) is 11.1. The lowest BCUT2D eigenvalue weighted by atomic mass is 9.39. The van der Waals surface area contributed by atoms with E-state index in [1.807, 2.05) is 0 Å². The number of fused-ring (bicyclic) bond motifs is 5. The molecular formula is C26H43BrO2. The Balaban J connectivity index is 1.68. The fraction of sp³-hybridized carbons (Fsp3) is 0.962. The fourth-order valence-electron chi connectivity index (χ4n) is 8.81. The minimum Gasteiger partial charge on any atom is -0.390 e. The van der Waals surface area contributed by atoms with Crippen LogP contribution in [0.5, 0.6) is 0 Å². The van der Waals surface area contributed by atoms with Crippen LogP contribution < -0.4 is 0 Å². The van der Waals surface area contributed by atoms with Crippen molar-refractivity contribution < 1.29 is 9.90 Å². The van der Waals surface area contributed by atoms with Crippen LogP contribution in [0.15, 0.2) is 0 Å². The highest BCUT2D eigenvalue weighted by molar-refractivity contribution is 9.09. The van der Waals surface area contributed by atoms with Crippen molar-refractivity contribution in [2.75, 3.05) is 5.33 Å². The van der Waals surface area contributed by atoms with E-state index < -0.39 is 5.60 Å². The molecule has 4 fully saturated rings. The zero-order chi connectivity index (χ0) is 21.2. The summed E-state index contributed by atoms with van der Waals surface area (Å²) in [6.07, 6.45) is 11.8. The number of ketones is 1. The molecular weight excluding hydrogens is 424 g/mol. The first kappa shape index (κ1) is 22.3. The molecule has 4 saturated carbocycles. The van der Waals surface area contributed by atoms with Gasteiger partial charge in [0.1, 0.15) is 5.78 Å². The molecule has 0 heterocycles. The Labute approximate surface area is 187 Å². The van der Waals surface area contributed by atoms with Crippen molar-refractivity contribution in [2.45, 2.75) is 104 Å². The summed E-state index contributed by atoms with van der Waals surface area (Å²) in [6, 6.07) is 0. The maximum Gasteiger partial charge on any atom is 0.147 e. The van der Waals surface area contributed by atoms with E-state index in [4.69, 9.17) is 0 Å². The molecule has 1 N–H and O–H groups in total. The van der Waals surface area contributed by atoms with Gasteiger partial charge >= 0.3 is 0 Å². The van der Waals surface area contributed by atoms with Crippen LogP contribution in [0.1, 0.15) is 98.8 Å². The zero-order valence-electron chi connectivity index (χ0n) is 19.4. The summed E-state index contributed by atoms with van der Waals surface area (Å²) >= 11 is 3.49. The Morgan fingerprint density at radius 3 is 2.31 bits per heavy atom. The summed E-state index contributed by atoms with van der Waals surface area (Å²) in [5, 5.41) is 11.4. The van der Waals surface area contributed by atoms with E-state index in [9.17, 15) is 9.90 Å². The van der Waals surface area contributed by atoms with E-state index in [0.29, 0.717) is 33.8 Å². The van der Waals surface area contributed by atoms with Crippen LogP contribution in [-0.2, 0) is 4.79 Å². The number of carbonyl (C=O) groups excluding carboxylic acids is 1. The number of halogens is 1. The number of hydrogen-bond donors (Lipinski definition) is 1. The zero-order valence-corrected chi connectivity index (χ0v) is 21.0. The second-order valence-electron chi connectivity index (χ2n) is 12.7. The minimum absolute atomic E-state index is 0.193. The molecule has 2 nitrogen and oxygen atoms in total. The molecule has 4 aliphatic rings. The van der Waals surface area contributed by atoms with Crippen molar-refractivity contribution in [3.8, 4) is 0 Å². The Hall–Kier alpha value is 0.110. The smallest absolute Gasteiger partial charge is 0.147 e. The highest BCUT2D eigenvalue weighted by atomic mass is 79.9. The summed E-state index contributed by atoms with van der Waals surface area (Å²) in [4.78, 5) is 12.9. The van der Waals surface area contributed by atoms with Gasteiger partial charge in [-0.15, -0.1) is 0 Å². The lowest BCUT2D eigenvalue weighted by Gasteiger charge is -2.65. The molecule has 4 rings (SSSR count). The van der Waals surface area contributed by atoms with Crippen molar-refractivity contribution >= 4 is 21.7 Å². The molecule has 0 radical (unpaired) electrons. The molecule has 9 atom stereocenters. The molecule has 0 bridgehead atoms. The van der Waals surface area contributed by atoms with Crippen LogP contribution in [0.25, 0.3) is 0 Å². The third kappa shape index (κ3) is 3.40. The quantitative estimate of drug-likeness (QED) is 0.455. The van der Waals surface area contributed by atoms with Gasteiger partial charge < -0.3 is 5.11 Å². The number of rotatable bonds is 2. The first-order chi connectivity index (χ1) is 13.5. The SMILES string of the molecule is C[C@H]1CC2[C@@H]3CC[C@]4(C)CC[C@](C)(O)CC[C@]4(C)C3CC[C@]2(C)[C@@H](C(=O)CBr)C1. The van der Waals surface area contributed by atoms with Gasteiger partial charge in [0.15, 0.2) is 0 Å². The Kier molecular flexibility index (Phi) is 5.63. The van der Waals surface area contributed by atoms with Gasteiger partial charge in [-0.3, -0.25) is 4.79 Å². The van der Waals surface area contributed by atoms with E-state index in [2.05, 4.69) is 50.5 Å².